The van der Waals surface area contributed by atoms with Crippen LogP contribution in [-0.2, 0) is 18.8 Å². The van der Waals surface area contributed by atoms with Crippen molar-refractivity contribution in [1.29, 1.82) is 0 Å². The van der Waals surface area contributed by atoms with Gasteiger partial charge in [-0.25, -0.2) is 0 Å². The van der Waals surface area contributed by atoms with Crippen molar-refractivity contribution in [2.75, 3.05) is 6.61 Å². The van der Waals surface area contributed by atoms with Crippen molar-refractivity contribution < 1.29 is 38.8 Å². The number of nitrogens with two attached hydrogens (primary N) is 1. The zero-order valence-corrected chi connectivity index (χ0v) is 19.6. The van der Waals surface area contributed by atoms with Gasteiger partial charge in [-0.05, 0) is 36.3 Å². The first-order valence-electron chi connectivity index (χ1n) is 10.6. The molecule has 0 aliphatic carbocycles. The highest BCUT2D eigenvalue weighted by molar-refractivity contribution is 7.56. The van der Waals surface area contributed by atoms with Crippen molar-refractivity contribution in [2.45, 2.75) is 51.0 Å². The van der Waals surface area contributed by atoms with Crippen LogP contribution in [0.25, 0.3) is 10.8 Å². The fraction of sp³-hybridized carbons (Fsp3) is 0.435. The SMILES string of the molecule is Cc1ccc2cc([C@H](C)C(=O)OC[C@@H](O)[C@@H](O)[C@@H]3OC(P(=O)(O)O)=C[C@H](N)[C@H]3C)ccc2c1. The van der Waals surface area contributed by atoms with E-state index in [9.17, 15) is 29.4 Å². The van der Waals surface area contributed by atoms with Gasteiger partial charge in [0.05, 0.1) is 5.92 Å². The molecule has 1 aliphatic heterocycles. The maximum absolute atomic E-state index is 12.6. The van der Waals surface area contributed by atoms with Crippen LogP contribution in [0.4, 0.5) is 0 Å². The van der Waals surface area contributed by atoms with E-state index in [0.717, 1.165) is 28.0 Å². The minimum Gasteiger partial charge on any atom is -0.479 e. The fourth-order valence-corrected chi connectivity index (χ4v) is 4.39. The second kappa shape index (κ2) is 9.93. The number of hydrogen-bond donors (Lipinski definition) is 5. The number of carbonyl (C=O) groups is 1. The van der Waals surface area contributed by atoms with Crippen LogP contribution in [0.5, 0.6) is 0 Å². The zero-order valence-electron chi connectivity index (χ0n) is 18.7. The van der Waals surface area contributed by atoms with Crippen LogP contribution in [0.3, 0.4) is 0 Å². The molecule has 10 heteroatoms. The summed E-state index contributed by atoms with van der Waals surface area (Å²) in [5, 5.41) is 22.9. The summed E-state index contributed by atoms with van der Waals surface area (Å²) in [7, 11) is -4.73. The van der Waals surface area contributed by atoms with Gasteiger partial charge in [-0.1, -0.05) is 48.9 Å². The smallest absolute Gasteiger partial charge is 0.390 e. The van der Waals surface area contributed by atoms with Crippen molar-refractivity contribution in [3.05, 3.63) is 59.1 Å². The molecular weight excluding hydrogens is 449 g/mol. The number of rotatable bonds is 7. The Morgan fingerprint density at radius 3 is 2.48 bits per heavy atom. The highest BCUT2D eigenvalue weighted by Gasteiger charge is 2.42. The van der Waals surface area contributed by atoms with E-state index in [2.05, 4.69) is 0 Å². The molecule has 9 nitrogen and oxygen atoms in total. The number of fused-ring (bicyclic) bond motifs is 1. The average Bonchev–Trinajstić information content (AvgIpc) is 2.76. The van der Waals surface area contributed by atoms with Crippen LogP contribution < -0.4 is 5.73 Å². The Bertz CT molecular complexity index is 1100. The second-order valence-corrected chi connectivity index (χ2v) is 10.1. The predicted octanol–water partition coefficient (Wildman–Crippen LogP) is 1.90. The van der Waals surface area contributed by atoms with Crippen LogP contribution in [0.15, 0.2) is 48.0 Å². The molecular formula is C23H30NO8P. The van der Waals surface area contributed by atoms with Crippen LogP contribution in [-0.4, -0.2) is 56.9 Å². The normalized spacial score (nSPS) is 23.9. The van der Waals surface area contributed by atoms with Crippen LogP contribution >= 0.6 is 7.60 Å². The van der Waals surface area contributed by atoms with E-state index in [1.54, 1.807) is 13.8 Å². The number of ether oxygens (including phenoxy) is 2. The van der Waals surface area contributed by atoms with Gasteiger partial charge in [0.15, 0.2) is 0 Å². The van der Waals surface area contributed by atoms with Gasteiger partial charge < -0.3 is 35.2 Å². The molecule has 6 atom stereocenters. The molecule has 0 radical (unpaired) electrons. The van der Waals surface area contributed by atoms with Gasteiger partial charge in [0.2, 0.25) is 5.50 Å². The molecule has 6 N–H and O–H groups in total. The molecule has 3 rings (SSSR count). The Labute approximate surface area is 192 Å². The van der Waals surface area contributed by atoms with E-state index in [1.807, 2.05) is 43.3 Å². The van der Waals surface area contributed by atoms with E-state index in [1.165, 1.54) is 0 Å². The van der Waals surface area contributed by atoms with E-state index in [-0.39, 0.29) is 0 Å². The summed E-state index contributed by atoms with van der Waals surface area (Å²) < 4.78 is 22.0. The Morgan fingerprint density at radius 1 is 1.18 bits per heavy atom. The van der Waals surface area contributed by atoms with Crippen molar-refractivity contribution in [3.63, 3.8) is 0 Å². The summed E-state index contributed by atoms with van der Waals surface area (Å²) in [6.45, 7) is 4.79. The van der Waals surface area contributed by atoms with Gasteiger partial charge in [0, 0.05) is 12.0 Å². The van der Waals surface area contributed by atoms with Gasteiger partial charge in [0.25, 0.3) is 0 Å². The second-order valence-electron chi connectivity index (χ2n) is 8.59. The third-order valence-corrected chi connectivity index (χ3v) is 6.83. The molecule has 0 amide bonds. The topological polar surface area (TPSA) is 160 Å². The van der Waals surface area contributed by atoms with Gasteiger partial charge >= 0.3 is 13.6 Å². The minimum absolute atomic E-state index is 0.520. The molecule has 180 valence electrons. The lowest BCUT2D eigenvalue weighted by atomic mass is 9.89. The number of benzene rings is 2. The number of carbonyl (C=O) groups excluding carboxylic acids is 1. The molecule has 1 heterocycles. The molecule has 0 fully saturated rings. The van der Waals surface area contributed by atoms with Gasteiger partial charge in [-0.2, -0.15) is 0 Å². The summed E-state index contributed by atoms with van der Waals surface area (Å²) in [6.07, 6.45) is -3.22. The Kier molecular flexibility index (Phi) is 7.63. The Hall–Kier alpha value is -2.26. The largest absolute Gasteiger partial charge is 0.479 e. The van der Waals surface area contributed by atoms with E-state index in [4.69, 9.17) is 15.2 Å². The minimum atomic E-state index is -4.73. The number of aliphatic hydroxyl groups is 2. The molecule has 0 spiro atoms. The lowest BCUT2D eigenvalue weighted by molar-refractivity contribution is -0.155. The summed E-state index contributed by atoms with van der Waals surface area (Å²) in [5.41, 5.74) is 7.12. The zero-order chi connectivity index (χ0) is 24.5. The molecule has 0 unspecified atom stereocenters. The highest BCUT2D eigenvalue weighted by atomic mass is 31.2. The molecule has 0 bridgehead atoms. The maximum atomic E-state index is 12.6. The van der Waals surface area contributed by atoms with E-state index < -0.39 is 61.9 Å². The third kappa shape index (κ3) is 5.81. The highest BCUT2D eigenvalue weighted by Crippen LogP contribution is 2.49. The molecule has 0 saturated carbocycles. The van der Waals surface area contributed by atoms with Gasteiger partial charge in [0.1, 0.15) is 24.9 Å². The lowest BCUT2D eigenvalue weighted by Crippen LogP contribution is -2.51. The molecule has 33 heavy (non-hydrogen) atoms. The fourth-order valence-electron chi connectivity index (χ4n) is 3.77. The van der Waals surface area contributed by atoms with Crippen molar-refractivity contribution in [1.82, 2.24) is 0 Å². The quantitative estimate of drug-likeness (QED) is 0.295. The van der Waals surface area contributed by atoms with E-state index in [0.29, 0.717) is 0 Å². The third-order valence-electron chi connectivity index (χ3n) is 6.00. The summed E-state index contributed by atoms with van der Waals surface area (Å²) in [5.74, 6) is -1.75. The lowest BCUT2D eigenvalue weighted by Gasteiger charge is -2.37. The average molecular weight is 479 g/mol. The van der Waals surface area contributed by atoms with Gasteiger partial charge in [-0.15, -0.1) is 0 Å². The number of esters is 1. The molecule has 1 aliphatic rings. The number of aliphatic hydroxyl groups excluding tert-OH is 2. The predicted molar refractivity (Wildman–Crippen MR) is 122 cm³/mol. The van der Waals surface area contributed by atoms with Crippen LogP contribution in [0, 0.1) is 12.8 Å². The first-order valence-corrected chi connectivity index (χ1v) is 12.2. The summed E-state index contributed by atoms with van der Waals surface area (Å²) in [6, 6.07) is 10.9. The van der Waals surface area contributed by atoms with Crippen LogP contribution in [0.2, 0.25) is 0 Å². The maximum Gasteiger partial charge on any atom is 0.390 e. The number of hydrogen-bond acceptors (Lipinski definition) is 7. The van der Waals surface area contributed by atoms with Gasteiger partial charge in [-0.3, -0.25) is 9.36 Å². The molecule has 2 aromatic rings. The molecule has 0 saturated heterocycles. The standard InChI is InChI=1S/C23H30NO8P/c1-12-4-5-17-9-15(6-7-16(17)8-12)13(2)23(27)31-11-19(25)21(26)22-14(3)18(24)10-20(32-22)33(28,29)30/h4-10,13-14,18-19,21-22,25-26H,11,24H2,1-3H3,(H2,28,29,30)/t13-,14+,18-,19+,21+,22+/m0/s1. The van der Waals surface area contributed by atoms with Crippen molar-refractivity contribution >= 4 is 24.3 Å². The first kappa shape index (κ1) is 25.4. The Morgan fingerprint density at radius 2 is 1.82 bits per heavy atom. The molecule has 0 aromatic heterocycles. The monoisotopic (exact) mass is 479 g/mol. The summed E-state index contributed by atoms with van der Waals surface area (Å²) in [4.78, 5) is 31.3. The molecule has 2 aromatic carbocycles. The Balaban J connectivity index is 1.63. The summed E-state index contributed by atoms with van der Waals surface area (Å²) >= 11 is 0. The number of aryl methyl sites for hydroxylation is 1. The van der Waals surface area contributed by atoms with Crippen molar-refractivity contribution in [3.8, 4) is 0 Å². The van der Waals surface area contributed by atoms with Crippen molar-refractivity contribution in [2.24, 2.45) is 11.7 Å². The first-order chi connectivity index (χ1) is 15.4. The van der Waals surface area contributed by atoms with Crippen LogP contribution in [0.1, 0.15) is 30.9 Å². The van der Waals surface area contributed by atoms with E-state index >= 15 is 0 Å².